The van der Waals surface area contributed by atoms with Crippen LogP contribution in [0.3, 0.4) is 0 Å². The molecule has 1 aromatic rings. The maximum atomic E-state index is 12.8. The minimum atomic E-state index is -0.669. The number of amides is 1. The van der Waals surface area contributed by atoms with Crippen LogP contribution in [0, 0.1) is 17.0 Å². The van der Waals surface area contributed by atoms with E-state index in [-0.39, 0.29) is 30.7 Å². The first-order valence-corrected chi connectivity index (χ1v) is 10.1. The van der Waals surface area contributed by atoms with Crippen molar-refractivity contribution in [3.63, 3.8) is 0 Å². The van der Waals surface area contributed by atoms with Crippen molar-refractivity contribution in [3.8, 4) is 0 Å². The third-order valence-electron chi connectivity index (χ3n) is 5.07. The highest BCUT2D eigenvalue weighted by atomic mass is 16.6. The zero-order chi connectivity index (χ0) is 20.7. The molecule has 0 bridgehead atoms. The standard InChI is InChI=1S/C21H33N3O4/c1-21(2,3)28-19(25)13-16(12-17-9-6-7-11-24(17)27)20(26)23-14-15-8-4-5-10-18(15)22/h6-7,9,11,15-16,18H,4-5,8,10,12-14,22H2,1-3H3,(H,23,26)/t15-,16+,18-/m0/s1. The molecule has 3 atom stereocenters. The largest absolute Gasteiger partial charge is 0.619 e. The van der Waals surface area contributed by atoms with Crippen LogP contribution in [0.2, 0.25) is 0 Å². The molecule has 7 nitrogen and oxygen atoms in total. The van der Waals surface area contributed by atoms with Crippen LogP contribution in [0.5, 0.6) is 0 Å². The number of rotatable bonds is 7. The van der Waals surface area contributed by atoms with Gasteiger partial charge in [0, 0.05) is 31.1 Å². The summed E-state index contributed by atoms with van der Waals surface area (Å²) >= 11 is 0. The van der Waals surface area contributed by atoms with Gasteiger partial charge < -0.3 is 21.0 Å². The van der Waals surface area contributed by atoms with Gasteiger partial charge in [0.2, 0.25) is 5.91 Å². The first-order chi connectivity index (χ1) is 13.2. The molecule has 0 unspecified atom stereocenters. The van der Waals surface area contributed by atoms with Crippen LogP contribution in [-0.2, 0) is 20.7 Å². The fourth-order valence-corrected chi connectivity index (χ4v) is 3.58. The van der Waals surface area contributed by atoms with Gasteiger partial charge in [0.25, 0.3) is 0 Å². The van der Waals surface area contributed by atoms with E-state index in [0.29, 0.717) is 12.2 Å². The second kappa shape index (κ2) is 9.87. The zero-order valence-electron chi connectivity index (χ0n) is 17.1. The van der Waals surface area contributed by atoms with Gasteiger partial charge >= 0.3 is 5.97 Å². The van der Waals surface area contributed by atoms with Gasteiger partial charge in [0.15, 0.2) is 11.9 Å². The normalized spacial score (nSPS) is 21.0. The third kappa shape index (κ3) is 7.11. The molecule has 1 amide bonds. The van der Waals surface area contributed by atoms with Crippen LogP contribution in [0.25, 0.3) is 0 Å². The number of hydrogen-bond acceptors (Lipinski definition) is 5. The van der Waals surface area contributed by atoms with Crippen LogP contribution in [-0.4, -0.2) is 30.1 Å². The Kier molecular flexibility index (Phi) is 7.80. The number of ether oxygens (including phenoxy) is 1. The van der Waals surface area contributed by atoms with Crippen molar-refractivity contribution in [1.29, 1.82) is 0 Å². The molecule has 1 heterocycles. The fourth-order valence-electron chi connectivity index (χ4n) is 3.58. The molecule has 0 aliphatic heterocycles. The van der Waals surface area contributed by atoms with Gasteiger partial charge in [-0.25, -0.2) is 0 Å². The molecule has 7 heteroatoms. The second-order valence-electron chi connectivity index (χ2n) is 8.66. The number of nitrogens with zero attached hydrogens (tertiary/aromatic N) is 1. The van der Waals surface area contributed by atoms with E-state index < -0.39 is 17.5 Å². The summed E-state index contributed by atoms with van der Waals surface area (Å²) in [4.78, 5) is 25.1. The predicted octanol–water partition coefficient (Wildman–Crippen LogP) is 1.84. The summed E-state index contributed by atoms with van der Waals surface area (Å²) in [7, 11) is 0. The molecule has 0 spiro atoms. The molecule has 1 saturated carbocycles. The van der Waals surface area contributed by atoms with Gasteiger partial charge in [-0.15, -0.1) is 0 Å². The zero-order valence-corrected chi connectivity index (χ0v) is 17.1. The lowest BCUT2D eigenvalue weighted by Gasteiger charge is -2.29. The van der Waals surface area contributed by atoms with Crippen molar-refractivity contribution in [3.05, 3.63) is 35.3 Å². The summed E-state index contributed by atoms with van der Waals surface area (Å²) in [5.74, 6) is -1.11. The third-order valence-corrected chi connectivity index (χ3v) is 5.07. The summed E-state index contributed by atoms with van der Waals surface area (Å²) < 4.78 is 6.10. The van der Waals surface area contributed by atoms with Crippen molar-refractivity contribution in [2.45, 2.75) is 70.9 Å². The average Bonchev–Trinajstić information content (AvgIpc) is 2.60. The van der Waals surface area contributed by atoms with E-state index >= 15 is 0 Å². The van der Waals surface area contributed by atoms with Crippen molar-refractivity contribution in [1.82, 2.24) is 5.32 Å². The molecule has 1 aliphatic carbocycles. The van der Waals surface area contributed by atoms with Crippen molar-refractivity contribution in [2.24, 2.45) is 17.6 Å². The van der Waals surface area contributed by atoms with E-state index in [9.17, 15) is 14.8 Å². The Labute approximate surface area is 167 Å². The minimum absolute atomic E-state index is 0.0747. The number of nitrogens with one attached hydrogen (secondary N) is 1. The first kappa shape index (κ1) is 22.1. The highest BCUT2D eigenvalue weighted by Crippen LogP contribution is 2.22. The molecule has 3 N–H and O–H groups in total. The van der Waals surface area contributed by atoms with Crippen LogP contribution >= 0.6 is 0 Å². The quantitative estimate of drug-likeness (QED) is 0.419. The lowest BCUT2D eigenvalue weighted by molar-refractivity contribution is -0.614. The van der Waals surface area contributed by atoms with Gasteiger partial charge in [-0.3, -0.25) is 9.59 Å². The van der Waals surface area contributed by atoms with E-state index in [1.54, 1.807) is 39.0 Å². The second-order valence-corrected chi connectivity index (χ2v) is 8.66. The fraction of sp³-hybridized carbons (Fsp3) is 0.667. The Hall–Kier alpha value is -2.15. The van der Waals surface area contributed by atoms with Crippen molar-refractivity contribution in [2.75, 3.05) is 6.54 Å². The van der Waals surface area contributed by atoms with Crippen molar-refractivity contribution >= 4 is 11.9 Å². The lowest BCUT2D eigenvalue weighted by atomic mass is 9.85. The highest BCUT2D eigenvalue weighted by Gasteiger charge is 2.29. The Morgan fingerprint density at radius 2 is 2.04 bits per heavy atom. The summed E-state index contributed by atoms with van der Waals surface area (Å²) in [5.41, 5.74) is 5.98. The number of carbonyl (C=O) groups excluding carboxylic acids is 2. The predicted molar refractivity (Wildman–Crippen MR) is 106 cm³/mol. The van der Waals surface area contributed by atoms with Gasteiger partial charge in [0.1, 0.15) is 5.60 Å². The van der Waals surface area contributed by atoms with Gasteiger partial charge in [0.05, 0.1) is 12.3 Å². The number of nitrogens with two attached hydrogens (primary N) is 1. The van der Waals surface area contributed by atoms with Gasteiger partial charge in [-0.2, -0.15) is 4.73 Å². The number of esters is 1. The maximum Gasteiger partial charge on any atom is 0.307 e. The van der Waals surface area contributed by atoms with E-state index in [2.05, 4.69) is 5.32 Å². The van der Waals surface area contributed by atoms with Crippen LogP contribution in [0.4, 0.5) is 0 Å². The van der Waals surface area contributed by atoms with E-state index in [4.69, 9.17) is 10.5 Å². The molecule has 1 fully saturated rings. The number of hydrogen-bond donors (Lipinski definition) is 2. The van der Waals surface area contributed by atoms with Gasteiger partial charge in [-0.05, 0) is 39.5 Å². The molecular formula is C21H33N3O4. The average molecular weight is 392 g/mol. The Morgan fingerprint density at radius 1 is 1.32 bits per heavy atom. The van der Waals surface area contributed by atoms with Crippen molar-refractivity contribution < 1.29 is 19.1 Å². The van der Waals surface area contributed by atoms with Gasteiger partial charge in [-0.1, -0.05) is 18.9 Å². The molecule has 1 aromatic heterocycles. The first-order valence-electron chi connectivity index (χ1n) is 10.1. The number of pyridine rings is 1. The lowest BCUT2D eigenvalue weighted by Crippen LogP contribution is -2.44. The monoisotopic (exact) mass is 391 g/mol. The molecule has 0 radical (unpaired) electrons. The van der Waals surface area contributed by atoms with Crippen LogP contribution in [0.15, 0.2) is 24.4 Å². The number of carbonyl (C=O) groups is 2. The maximum absolute atomic E-state index is 12.8. The Morgan fingerprint density at radius 3 is 2.68 bits per heavy atom. The van der Waals surface area contributed by atoms with Crippen LogP contribution < -0.4 is 15.8 Å². The molecule has 0 saturated heterocycles. The smallest absolute Gasteiger partial charge is 0.307 e. The summed E-state index contributed by atoms with van der Waals surface area (Å²) in [5, 5.41) is 14.9. The van der Waals surface area contributed by atoms with E-state index in [1.807, 2.05) is 0 Å². The molecule has 0 aromatic carbocycles. The van der Waals surface area contributed by atoms with E-state index in [0.717, 1.165) is 30.4 Å². The molecule has 1 aliphatic rings. The van der Waals surface area contributed by atoms with E-state index in [1.165, 1.54) is 6.20 Å². The SMILES string of the molecule is CC(C)(C)OC(=O)C[C@@H](Cc1cccc[n+]1[O-])C(=O)NC[C@@H]1CCCC[C@@H]1N. The molecular weight excluding hydrogens is 358 g/mol. The molecule has 28 heavy (non-hydrogen) atoms. The van der Waals surface area contributed by atoms with Crippen LogP contribution in [0.1, 0.15) is 58.6 Å². The summed E-state index contributed by atoms with van der Waals surface area (Å²) in [6.45, 7) is 5.85. The Balaban J connectivity index is 2.04. The summed E-state index contributed by atoms with van der Waals surface area (Å²) in [6.07, 6.45) is 5.71. The minimum Gasteiger partial charge on any atom is -0.619 e. The molecule has 156 valence electrons. The highest BCUT2D eigenvalue weighted by molar-refractivity contribution is 5.84. The topological polar surface area (TPSA) is 108 Å². The Bertz CT molecular complexity index is 672. The number of aromatic nitrogens is 1. The summed E-state index contributed by atoms with van der Waals surface area (Å²) in [6, 6.07) is 5.13. The molecule has 2 rings (SSSR count).